The van der Waals surface area contributed by atoms with E-state index >= 15 is 0 Å². The Morgan fingerprint density at radius 2 is 2.19 bits per heavy atom. The number of thiophene rings is 1. The predicted molar refractivity (Wildman–Crippen MR) is 84.1 cm³/mol. The van der Waals surface area contributed by atoms with Crippen LogP contribution in [0.5, 0.6) is 0 Å². The van der Waals surface area contributed by atoms with Crippen molar-refractivity contribution in [1.82, 2.24) is 9.97 Å². The van der Waals surface area contributed by atoms with Gasteiger partial charge in [-0.15, -0.1) is 11.3 Å². The van der Waals surface area contributed by atoms with Gasteiger partial charge in [0.2, 0.25) is 11.8 Å². The van der Waals surface area contributed by atoms with Crippen LogP contribution >= 0.6 is 11.3 Å². The van der Waals surface area contributed by atoms with Crippen LogP contribution in [-0.4, -0.2) is 28.0 Å². The summed E-state index contributed by atoms with van der Waals surface area (Å²) >= 11 is 1.66. The van der Waals surface area contributed by atoms with Crippen LogP contribution in [0.4, 0.5) is 17.5 Å². The van der Waals surface area contributed by atoms with Crippen molar-refractivity contribution >= 4 is 28.8 Å². The second-order valence-electron chi connectivity index (χ2n) is 4.37. The first-order valence-corrected chi connectivity index (χ1v) is 7.53. The molecule has 0 saturated heterocycles. The van der Waals surface area contributed by atoms with E-state index in [0.717, 1.165) is 6.42 Å². The molecule has 0 aliphatic heterocycles. The normalized spacial score (nSPS) is 10.4. The zero-order valence-electron chi connectivity index (χ0n) is 11.9. The van der Waals surface area contributed by atoms with Crippen molar-refractivity contribution in [3.8, 4) is 0 Å². The highest BCUT2D eigenvalue weighted by Gasteiger charge is 2.21. The third-order valence-electron chi connectivity index (χ3n) is 2.82. The topological polar surface area (TPSA) is 93.0 Å². The van der Waals surface area contributed by atoms with E-state index in [4.69, 9.17) is 0 Å². The zero-order chi connectivity index (χ0) is 15.2. The number of aryl methyl sites for hydroxylation is 1. The van der Waals surface area contributed by atoms with E-state index in [1.54, 1.807) is 18.3 Å². The van der Waals surface area contributed by atoms with Crippen molar-refractivity contribution < 1.29 is 4.92 Å². The van der Waals surface area contributed by atoms with Gasteiger partial charge >= 0.3 is 5.69 Å². The van der Waals surface area contributed by atoms with Gasteiger partial charge in [0.25, 0.3) is 0 Å². The molecule has 0 bridgehead atoms. The van der Waals surface area contributed by atoms with Crippen molar-refractivity contribution in [3.63, 3.8) is 0 Å². The van der Waals surface area contributed by atoms with Crippen molar-refractivity contribution in [1.29, 1.82) is 0 Å². The number of hydrogen-bond donors (Lipinski definition) is 2. The van der Waals surface area contributed by atoms with Crippen LogP contribution in [0, 0.1) is 17.0 Å². The number of nitro groups is 1. The lowest BCUT2D eigenvalue weighted by atomic mass is 10.3. The van der Waals surface area contributed by atoms with E-state index in [2.05, 4.69) is 20.6 Å². The monoisotopic (exact) mass is 307 g/mol. The molecular weight excluding hydrogens is 290 g/mol. The van der Waals surface area contributed by atoms with E-state index < -0.39 is 4.92 Å². The molecule has 2 rings (SSSR count). The highest BCUT2D eigenvalue weighted by Crippen LogP contribution is 2.26. The minimum Gasteiger partial charge on any atom is -0.364 e. The fourth-order valence-corrected chi connectivity index (χ4v) is 2.61. The number of rotatable bonds is 7. The van der Waals surface area contributed by atoms with E-state index in [9.17, 15) is 10.1 Å². The highest BCUT2D eigenvalue weighted by atomic mass is 32.1. The summed E-state index contributed by atoms with van der Waals surface area (Å²) in [5, 5.41) is 19.2. The third kappa shape index (κ3) is 3.88. The molecular formula is C13H17N5O2S. The lowest BCUT2D eigenvalue weighted by Gasteiger charge is -2.09. The molecule has 2 heterocycles. The molecule has 0 aliphatic rings. The van der Waals surface area contributed by atoms with Crippen LogP contribution in [0.1, 0.15) is 17.5 Å². The molecule has 0 amide bonds. The molecule has 0 radical (unpaired) electrons. The Morgan fingerprint density at radius 3 is 2.81 bits per heavy atom. The Balaban J connectivity index is 2.16. The van der Waals surface area contributed by atoms with Gasteiger partial charge in [0.1, 0.15) is 5.69 Å². The highest BCUT2D eigenvalue weighted by molar-refractivity contribution is 7.09. The maximum Gasteiger partial charge on any atom is 0.332 e. The Kier molecular flexibility index (Phi) is 5.04. The van der Waals surface area contributed by atoms with Crippen LogP contribution in [-0.2, 0) is 6.42 Å². The largest absolute Gasteiger partial charge is 0.364 e. The molecule has 0 fully saturated rings. The van der Waals surface area contributed by atoms with Gasteiger partial charge in [0.05, 0.1) is 4.92 Å². The van der Waals surface area contributed by atoms with Crippen LogP contribution < -0.4 is 10.6 Å². The first kappa shape index (κ1) is 15.2. The minimum absolute atomic E-state index is 0.0668. The summed E-state index contributed by atoms with van der Waals surface area (Å²) in [4.78, 5) is 20.2. The summed E-state index contributed by atoms with van der Waals surface area (Å²) in [6.45, 7) is 4.78. The first-order chi connectivity index (χ1) is 10.1. The summed E-state index contributed by atoms with van der Waals surface area (Å²) in [5.41, 5.74) is 0.285. The Morgan fingerprint density at radius 1 is 1.38 bits per heavy atom. The standard InChI is InChI=1S/C13H17N5O2S/c1-3-14-13-16-9(2)11(18(19)20)12(17-13)15-7-6-10-5-4-8-21-10/h4-5,8H,3,6-7H2,1-2H3,(H2,14,15,16,17). The van der Waals surface area contributed by atoms with Crippen molar-refractivity contribution in [2.24, 2.45) is 0 Å². The van der Waals surface area contributed by atoms with E-state index in [-0.39, 0.29) is 11.5 Å². The van der Waals surface area contributed by atoms with Gasteiger partial charge in [0.15, 0.2) is 0 Å². The lowest BCUT2D eigenvalue weighted by Crippen LogP contribution is -2.12. The molecule has 0 spiro atoms. The number of nitrogens with zero attached hydrogens (tertiary/aromatic N) is 3. The molecule has 7 nitrogen and oxygen atoms in total. The Bertz CT molecular complexity index is 615. The number of anilines is 2. The third-order valence-corrected chi connectivity index (χ3v) is 3.76. The molecule has 0 atom stereocenters. The van der Waals surface area contributed by atoms with Gasteiger partial charge in [-0.25, -0.2) is 4.98 Å². The van der Waals surface area contributed by atoms with Gasteiger partial charge in [-0.2, -0.15) is 4.98 Å². The van der Waals surface area contributed by atoms with Crippen molar-refractivity contribution in [3.05, 3.63) is 38.2 Å². The second-order valence-corrected chi connectivity index (χ2v) is 5.41. The summed E-state index contributed by atoms with van der Waals surface area (Å²) in [6, 6.07) is 4.02. The van der Waals surface area contributed by atoms with Crippen LogP contribution in [0.15, 0.2) is 17.5 Å². The van der Waals surface area contributed by atoms with Gasteiger partial charge in [0, 0.05) is 18.0 Å². The molecule has 2 aromatic heterocycles. The van der Waals surface area contributed by atoms with E-state index in [0.29, 0.717) is 24.7 Å². The maximum atomic E-state index is 11.2. The van der Waals surface area contributed by atoms with E-state index in [1.165, 1.54) is 4.88 Å². The Labute approximate surface area is 126 Å². The SMILES string of the molecule is CCNc1nc(C)c([N+](=O)[O-])c(NCCc2cccs2)n1. The van der Waals surface area contributed by atoms with Crippen LogP contribution in [0.3, 0.4) is 0 Å². The second kappa shape index (κ2) is 6.98. The first-order valence-electron chi connectivity index (χ1n) is 6.65. The molecule has 0 aliphatic carbocycles. The molecule has 0 saturated carbocycles. The zero-order valence-corrected chi connectivity index (χ0v) is 12.7. The average Bonchev–Trinajstić information content (AvgIpc) is 2.91. The molecule has 2 N–H and O–H groups in total. The smallest absolute Gasteiger partial charge is 0.332 e. The van der Waals surface area contributed by atoms with Crippen molar-refractivity contribution in [2.75, 3.05) is 23.7 Å². The lowest BCUT2D eigenvalue weighted by molar-refractivity contribution is -0.385. The van der Waals surface area contributed by atoms with Crippen molar-refractivity contribution in [2.45, 2.75) is 20.3 Å². The van der Waals surface area contributed by atoms with Gasteiger partial charge in [-0.05, 0) is 31.7 Å². The molecule has 8 heteroatoms. The molecule has 0 unspecified atom stereocenters. The van der Waals surface area contributed by atoms with Crippen LogP contribution in [0.2, 0.25) is 0 Å². The number of hydrogen-bond acceptors (Lipinski definition) is 7. The fraction of sp³-hybridized carbons (Fsp3) is 0.385. The fourth-order valence-electron chi connectivity index (χ4n) is 1.90. The molecule has 0 aromatic carbocycles. The summed E-state index contributed by atoms with van der Waals surface area (Å²) in [7, 11) is 0. The van der Waals surface area contributed by atoms with Gasteiger partial charge in [-0.1, -0.05) is 6.07 Å². The quantitative estimate of drug-likeness (QED) is 0.603. The van der Waals surface area contributed by atoms with Crippen LogP contribution in [0.25, 0.3) is 0 Å². The van der Waals surface area contributed by atoms with Gasteiger partial charge < -0.3 is 10.6 Å². The molecule has 21 heavy (non-hydrogen) atoms. The molecule has 2 aromatic rings. The number of nitrogens with one attached hydrogen (secondary N) is 2. The molecule has 112 valence electrons. The Hall–Kier alpha value is -2.22. The summed E-state index contributed by atoms with van der Waals surface area (Å²) in [5.74, 6) is 0.666. The minimum atomic E-state index is -0.446. The summed E-state index contributed by atoms with van der Waals surface area (Å²) in [6.07, 6.45) is 0.800. The van der Waals surface area contributed by atoms with E-state index in [1.807, 2.05) is 24.4 Å². The number of aromatic nitrogens is 2. The van der Waals surface area contributed by atoms with Gasteiger partial charge in [-0.3, -0.25) is 10.1 Å². The summed E-state index contributed by atoms with van der Waals surface area (Å²) < 4.78 is 0. The maximum absolute atomic E-state index is 11.2. The predicted octanol–water partition coefficient (Wildman–Crippen LogP) is 2.84. The average molecular weight is 307 g/mol.